The van der Waals surface area contributed by atoms with E-state index in [0.29, 0.717) is 12.1 Å². The Hall–Kier alpha value is -2.04. The molecular weight excluding hydrogens is 232 g/mol. The molecule has 1 aromatic carbocycles. The van der Waals surface area contributed by atoms with Crippen molar-refractivity contribution in [3.63, 3.8) is 0 Å². The average molecular weight is 248 g/mol. The largest absolute Gasteiger partial charge is 0.444 e. The van der Waals surface area contributed by atoms with E-state index in [2.05, 4.69) is 10.6 Å². The van der Waals surface area contributed by atoms with Crippen LogP contribution in [0.3, 0.4) is 0 Å². The van der Waals surface area contributed by atoms with E-state index in [1.807, 2.05) is 6.07 Å². The van der Waals surface area contributed by atoms with E-state index in [1.165, 1.54) is 0 Å². The highest BCUT2D eigenvalue weighted by Gasteiger charge is 2.19. The van der Waals surface area contributed by atoms with E-state index in [4.69, 9.17) is 4.74 Å². The molecule has 0 unspecified atom stereocenters. The number of nitrogens with one attached hydrogen (secondary N) is 2. The lowest BCUT2D eigenvalue weighted by molar-refractivity contribution is -0.115. The number of hydrogen-bond acceptors (Lipinski definition) is 3. The highest BCUT2D eigenvalue weighted by Crippen LogP contribution is 2.26. The van der Waals surface area contributed by atoms with Gasteiger partial charge in [-0.05, 0) is 38.5 Å². The third-order valence-electron chi connectivity index (χ3n) is 2.38. The highest BCUT2D eigenvalue weighted by atomic mass is 16.6. The van der Waals surface area contributed by atoms with Crippen LogP contribution in [-0.4, -0.2) is 17.6 Å². The Morgan fingerprint density at radius 3 is 2.78 bits per heavy atom. The van der Waals surface area contributed by atoms with Crippen LogP contribution in [0.5, 0.6) is 0 Å². The van der Waals surface area contributed by atoms with Crippen molar-refractivity contribution in [2.45, 2.75) is 32.8 Å². The number of hydrogen-bond donors (Lipinski definition) is 2. The summed E-state index contributed by atoms with van der Waals surface area (Å²) in [5, 5.41) is 5.36. The Bertz CT molecular complexity index is 503. The van der Waals surface area contributed by atoms with Crippen molar-refractivity contribution in [2.75, 3.05) is 10.6 Å². The van der Waals surface area contributed by atoms with Gasteiger partial charge in [-0.2, -0.15) is 0 Å². The zero-order valence-corrected chi connectivity index (χ0v) is 10.7. The molecular formula is C13H16N2O3. The summed E-state index contributed by atoms with van der Waals surface area (Å²) in [6.07, 6.45) is -0.117. The predicted octanol–water partition coefficient (Wildman–Crippen LogP) is 2.53. The molecule has 1 aliphatic rings. The molecule has 0 fully saturated rings. The molecule has 1 heterocycles. The number of benzene rings is 1. The number of carbonyl (C=O) groups is 2. The summed E-state index contributed by atoms with van der Waals surface area (Å²) in [5.41, 5.74) is 1.75. The van der Waals surface area contributed by atoms with Crippen LogP contribution in [0.25, 0.3) is 0 Å². The first-order valence-electron chi connectivity index (χ1n) is 5.76. The van der Waals surface area contributed by atoms with Crippen LogP contribution < -0.4 is 10.6 Å². The minimum absolute atomic E-state index is 0.0283. The Labute approximate surface area is 106 Å². The topological polar surface area (TPSA) is 67.4 Å². The molecule has 0 saturated heterocycles. The van der Waals surface area contributed by atoms with Gasteiger partial charge in [-0.1, -0.05) is 6.07 Å². The first-order chi connectivity index (χ1) is 8.33. The minimum atomic E-state index is -0.533. The van der Waals surface area contributed by atoms with Crippen LogP contribution in [0.15, 0.2) is 18.2 Å². The van der Waals surface area contributed by atoms with Gasteiger partial charge in [0.25, 0.3) is 0 Å². The third-order valence-corrected chi connectivity index (χ3v) is 2.38. The Kier molecular flexibility index (Phi) is 2.98. The van der Waals surface area contributed by atoms with E-state index in [-0.39, 0.29) is 5.91 Å². The van der Waals surface area contributed by atoms with Gasteiger partial charge in [0.1, 0.15) is 5.60 Å². The lowest BCUT2D eigenvalue weighted by Gasteiger charge is -2.19. The summed E-state index contributed by atoms with van der Waals surface area (Å²) in [6, 6.07) is 5.30. The number of fused-ring (bicyclic) bond motifs is 1. The van der Waals surface area contributed by atoms with Crippen LogP contribution >= 0.6 is 0 Å². The lowest BCUT2D eigenvalue weighted by atomic mass is 10.1. The first-order valence-corrected chi connectivity index (χ1v) is 5.76. The molecule has 0 aromatic heterocycles. The van der Waals surface area contributed by atoms with Crippen molar-refractivity contribution >= 4 is 23.4 Å². The number of ether oxygens (including phenoxy) is 1. The maximum atomic E-state index is 11.6. The Morgan fingerprint density at radius 2 is 2.11 bits per heavy atom. The molecule has 0 bridgehead atoms. The average Bonchev–Trinajstić information content (AvgIpc) is 2.53. The van der Waals surface area contributed by atoms with Gasteiger partial charge in [-0.3, -0.25) is 10.1 Å². The molecule has 1 aliphatic heterocycles. The van der Waals surface area contributed by atoms with Crippen LogP contribution in [0.4, 0.5) is 16.2 Å². The van der Waals surface area contributed by atoms with Gasteiger partial charge in [0, 0.05) is 11.4 Å². The third kappa shape index (κ3) is 3.00. The van der Waals surface area contributed by atoms with Crippen molar-refractivity contribution in [3.8, 4) is 0 Å². The zero-order valence-electron chi connectivity index (χ0n) is 10.7. The van der Waals surface area contributed by atoms with E-state index >= 15 is 0 Å². The second kappa shape index (κ2) is 4.33. The summed E-state index contributed by atoms with van der Waals surface area (Å²) < 4.78 is 5.14. The van der Waals surface area contributed by atoms with E-state index in [9.17, 15) is 9.59 Å². The van der Waals surface area contributed by atoms with Crippen LogP contribution in [0.1, 0.15) is 26.3 Å². The van der Waals surface area contributed by atoms with Gasteiger partial charge < -0.3 is 10.1 Å². The van der Waals surface area contributed by atoms with Crippen LogP contribution in [-0.2, 0) is 16.0 Å². The van der Waals surface area contributed by atoms with Gasteiger partial charge in [-0.25, -0.2) is 4.79 Å². The van der Waals surface area contributed by atoms with Crippen LogP contribution in [0, 0.1) is 0 Å². The second-order valence-corrected chi connectivity index (χ2v) is 5.22. The fraction of sp³-hybridized carbons (Fsp3) is 0.385. The summed E-state index contributed by atoms with van der Waals surface area (Å²) in [7, 11) is 0. The number of amides is 2. The van der Waals surface area contributed by atoms with E-state index < -0.39 is 11.7 Å². The van der Waals surface area contributed by atoms with Gasteiger partial charge in [-0.15, -0.1) is 0 Å². The maximum Gasteiger partial charge on any atom is 0.412 e. The summed E-state index contributed by atoms with van der Waals surface area (Å²) >= 11 is 0. The number of anilines is 2. The molecule has 1 aromatic rings. The van der Waals surface area contributed by atoms with Crippen molar-refractivity contribution < 1.29 is 14.3 Å². The highest BCUT2D eigenvalue weighted by molar-refractivity contribution is 6.00. The lowest BCUT2D eigenvalue weighted by Crippen LogP contribution is -2.27. The van der Waals surface area contributed by atoms with Gasteiger partial charge in [0.15, 0.2) is 0 Å². The summed E-state index contributed by atoms with van der Waals surface area (Å²) in [6.45, 7) is 5.40. The molecule has 0 saturated carbocycles. The molecule has 2 rings (SSSR count). The normalized spacial score (nSPS) is 13.8. The molecule has 2 amide bonds. The standard InChI is InChI=1S/C13H16N2O3/c1-13(2,3)18-12(17)14-9-5-4-8-6-11(16)15-10(8)7-9/h4-5,7H,6H2,1-3H3,(H,14,17)(H,15,16). The SMILES string of the molecule is CC(C)(C)OC(=O)Nc1ccc2c(c1)NC(=O)C2. The number of carbonyl (C=O) groups excluding carboxylic acids is 2. The second-order valence-electron chi connectivity index (χ2n) is 5.22. The predicted molar refractivity (Wildman–Crippen MR) is 68.6 cm³/mol. The van der Waals surface area contributed by atoms with E-state index in [0.717, 1.165) is 11.3 Å². The molecule has 96 valence electrons. The smallest absolute Gasteiger partial charge is 0.412 e. The van der Waals surface area contributed by atoms with Crippen molar-refractivity contribution in [1.29, 1.82) is 0 Å². The van der Waals surface area contributed by atoms with Gasteiger partial charge in [0.2, 0.25) is 5.91 Å². The van der Waals surface area contributed by atoms with Crippen molar-refractivity contribution in [1.82, 2.24) is 0 Å². The molecule has 2 N–H and O–H groups in total. The fourth-order valence-corrected chi connectivity index (χ4v) is 1.71. The maximum absolute atomic E-state index is 11.6. The molecule has 0 atom stereocenters. The number of rotatable bonds is 1. The van der Waals surface area contributed by atoms with Crippen molar-refractivity contribution in [2.24, 2.45) is 0 Å². The van der Waals surface area contributed by atoms with Gasteiger partial charge in [0.05, 0.1) is 6.42 Å². The van der Waals surface area contributed by atoms with Crippen LogP contribution in [0.2, 0.25) is 0 Å². The molecule has 5 heteroatoms. The van der Waals surface area contributed by atoms with E-state index in [1.54, 1.807) is 32.9 Å². The quantitative estimate of drug-likeness (QED) is 0.802. The van der Waals surface area contributed by atoms with Crippen molar-refractivity contribution in [3.05, 3.63) is 23.8 Å². The summed E-state index contributed by atoms with van der Waals surface area (Å²) in [4.78, 5) is 22.8. The molecule has 0 spiro atoms. The first kappa shape index (κ1) is 12.4. The Balaban J connectivity index is 2.05. The summed E-state index contributed by atoms with van der Waals surface area (Å²) in [5.74, 6) is -0.0283. The molecule has 5 nitrogen and oxygen atoms in total. The molecule has 18 heavy (non-hydrogen) atoms. The monoisotopic (exact) mass is 248 g/mol. The van der Waals surface area contributed by atoms with Gasteiger partial charge >= 0.3 is 6.09 Å². The molecule has 0 radical (unpaired) electrons. The Morgan fingerprint density at radius 1 is 1.39 bits per heavy atom. The molecule has 0 aliphatic carbocycles. The zero-order chi connectivity index (χ0) is 13.3. The fourth-order valence-electron chi connectivity index (χ4n) is 1.71. The minimum Gasteiger partial charge on any atom is -0.444 e.